The van der Waals surface area contributed by atoms with Crippen molar-refractivity contribution >= 4 is 15.9 Å². The van der Waals surface area contributed by atoms with E-state index in [1.54, 1.807) is 0 Å². The van der Waals surface area contributed by atoms with Crippen LogP contribution in [-0.2, 0) is 6.42 Å². The Hall–Kier alpha value is -1.05. The molecule has 0 aliphatic carbocycles. The highest BCUT2D eigenvalue weighted by Crippen LogP contribution is 2.27. The van der Waals surface area contributed by atoms with E-state index in [0.29, 0.717) is 18.7 Å². The van der Waals surface area contributed by atoms with Crippen molar-refractivity contribution in [3.05, 3.63) is 28.2 Å². The summed E-state index contributed by atoms with van der Waals surface area (Å²) in [6, 6.07) is 7.92. The van der Waals surface area contributed by atoms with E-state index in [9.17, 15) is 0 Å². The van der Waals surface area contributed by atoms with Crippen molar-refractivity contribution in [1.29, 1.82) is 5.26 Å². The van der Waals surface area contributed by atoms with Gasteiger partial charge in [-0.05, 0) is 53.0 Å². The molecule has 0 aromatic heterocycles. The van der Waals surface area contributed by atoms with Gasteiger partial charge in [0.2, 0.25) is 0 Å². The van der Waals surface area contributed by atoms with E-state index >= 15 is 0 Å². The highest BCUT2D eigenvalue weighted by atomic mass is 79.9. The van der Waals surface area contributed by atoms with Gasteiger partial charge in [-0.15, -0.1) is 0 Å². The number of halogens is 1. The summed E-state index contributed by atoms with van der Waals surface area (Å²) in [4.78, 5) is 0. The smallest absolute Gasteiger partial charge is 0.184 e. The van der Waals surface area contributed by atoms with Crippen LogP contribution in [0.25, 0.3) is 0 Å². The number of nitrogens with two attached hydrogens (primary N) is 1. The number of hydrogen-bond acceptors (Lipinski definition) is 3. The summed E-state index contributed by atoms with van der Waals surface area (Å²) in [5.74, 6) is 0.703. The van der Waals surface area contributed by atoms with Crippen molar-refractivity contribution in [2.75, 3.05) is 6.54 Å². The fourth-order valence-corrected chi connectivity index (χ4v) is 1.84. The summed E-state index contributed by atoms with van der Waals surface area (Å²) < 4.78 is 6.41. The number of nitriles is 1. The van der Waals surface area contributed by atoms with Gasteiger partial charge in [-0.3, -0.25) is 0 Å². The molecule has 2 N–H and O–H groups in total. The second kappa shape index (κ2) is 6.51. The molecule has 1 atom stereocenters. The molecule has 4 heteroatoms. The molecule has 0 heterocycles. The molecule has 3 nitrogen and oxygen atoms in total. The predicted molar refractivity (Wildman–Crippen MR) is 67.2 cm³/mol. The average Bonchev–Trinajstić information content (AvgIpc) is 2.29. The first-order chi connectivity index (χ1) is 7.71. The van der Waals surface area contributed by atoms with Crippen molar-refractivity contribution in [3.63, 3.8) is 0 Å². The van der Waals surface area contributed by atoms with Crippen LogP contribution in [0.15, 0.2) is 22.7 Å². The topological polar surface area (TPSA) is 59.0 Å². The first kappa shape index (κ1) is 13.0. The third-order valence-corrected chi connectivity index (χ3v) is 2.83. The Kier molecular flexibility index (Phi) is 5.30. The summed E-state index contributed by atoms with van der Waals surface area (Å²) in [7, 11) is 0. The van der Waals surface area contributed by atoms with Gasteiger partial charge in [-0.2, -0.15) is 5.26 Å². The first-order valence-corrected chi connectivity index (χ1v) is 6.05. The first-order valence-electron chi connectivity index (χ1n) is 5.26. The Bertz CT molecular complexity index is 387. The van der Waals surface area contributed by atoms with Gasteiger partial charge in [-0.1, -0.05) is 13.0 Å². The Labute approximate surface area is 104 Å². The van der Waals surface area contributed by atoms with E-state index in [1.807, 2.05) is 25.1 Å². The van der Waals surface area contributed by atoms with Crippen molar-refractivity contribution in [2.45, 2.75) is 25.9 Å². The van der Waals surface area contributed by atoms with E-state index < -0.39 is 6.10 Å². The van der Waals surface area contributed by atoms with Crippen LogP contribution in [0.1, 0.15) is 18.9 Å². The Morgan fingerprint density at radius 2 is 2.31 bits per heavy atom. The number of benzene rings is 1. The quantitative estimate of drug-likeness (QED) is 0.903. The van der Waals surface area contributed by atoms with Crippen LogP contribution < -0.4 is 10.5 Å². The molecule has 16 heavy (non-hydrogen) atoms. The SMILES string of the molecule is CCC(C#N)Oc1ccc(CCN)cc1Br. The maximum Gasteiger partial charge on any atom is 0.184 e. The number of nitrogens with zero attached hydrogens (tertiary/aromatic N) is 1. The second-order valence-corrected chi connectivity index (χ2v) is 4.30. The van der Waals surface area contributed by atoms with Crippen LogP contribution in [-0.4, -0.2) is 12.6 Å². The Morgan fingerprint density at radius 1 is 1.56 bits per heavy atom. The molecule has 0 spiro atoms. The lowest BCUT2D eigenvalue weighted by molar-refractivity contribution is 0.250. The van der Waals surface area contributed by atoms with Crippen molar-refractivity contribution in [1.82, 2.24) is 0 Å². The minimum absolute atomic E-state index is 0.392. The third kappa shape index (κ3) is 3.51. The van der Waals surface area contributed by atoms with Crippen LogP contribution in [0, 0.1) is 11.3 Å². The Morgan fingerprint density at radius 3 is 2.81 bits per heavy atom. The van der Waals surface area contributed by atoms with Crippen LogP contribution in [0.5, 0.6) is 5.75 Å². The number of rotatable bonds is 5. The lowest BCUT2D eigenvalue weighted by atomic mass is 10.1. The normalized spacial score (nSPS) is 11.9. The van der Waals surface area contributed by atoms with Gasteiger partial charge < -0.3 is 10.5 Å². The van der Waals surface area contributed by atoms with Gasteiger partial charge >= 0.3 is 0 Å². The number of ether oxygens (including phenoxy) is 1. The number of hydrogen-bond donors (Lipinski definition) is 1. The molecule has 0 amide bonds. The van der Waals surface area contributed by atoms with Gasteiger partial charge in [-0.25, -0.2) is 0 Å². The minimum atomic E-state index is -0.392. The molecule has 0 bridgehead atoms. The van der Waals surface area contributed by atoms with E-state index in [-0.39, 0.29) is 0 Å². The van der Waals surface area contributed by atoms with Gasteiger partial charge in [0.25, 0.3) is 0 Å². The highest BCUT2D eigenvalue weighted by Gasteiger charge is 2.09. The van der Waals surface area contributed by atoms with Gasteiger partial charge in [0.15, 0.2) is 6.10 Å². The summed E-state index contributed by atoms with van der Waals surface area (Å²) in [5.41, 5.74) is 6.64. The molecule has 1 aromatic carbocycles. The molecule has 1 rings (SSSR count). The summed E-state index contributed by atoms with van der Waals surface area (Å²) in [5, 5.41) is 8.81. The standard InChI is InChI=1S/C12H15BrN2O/c1-2-10(8-15)16-12-4-3-9(5-6-14)7-11(12)13/h3-4,7,10H,2,5-6,14H2,1H3. The van der Waals surface area contributed by atoms with Crippen molar-refractivity contribution in [3.8, 4) is 11.8 Å². The van der Waals surface area contributed by atoms with Crippen LogP contribution in [0.2, 0.25) is 0 Å². The maximum absolute atomic E-state index is 8.81. The Balaban J connectivity index is 2.79. The molecule has 0 aliphatic heterocycles. The summed E-state index contributed by atoms with van der Waals surface area (Å²) in [6.45, 7) is 2.55. The average molecular weight is 283 g/mol. The molecule has 1 unspecified atom stereocenters. The molecule has 1 aromatic rings. The molecule has 86 valence electrons. The minimum Gasteiger partial charge on any atom is -0.474 e. The predicted octanol–water partition coefficient (Wildman–Crippen LogP) is 2.63. The zero-order chi connectivity index (χ0) is 12.0. The molecule has 0 aliphatic rings. The maximum atomic E-state index is 8.81. The lowest BCUT2D eigenvalue weighted by Crippen LogP contribution is -2.12. The second-order valence-electron chi connectivity index (χ2n) is 3.45. The largest absolute Gasteiger partial charge is 0.474 e. The highest BCUT2D eigenvalue weighted by molar-refractivity contribution is 9.10. The zero-order valence-electron chi connectivity index (χ0n) is 9.24. The molecule has 0 radical (unpaired) electrons. The zero-order valence-corrected chi connectivity index (χ0v) is 10.8. The van der Waals surface area contributed by atoms with E-state index in [1.165, 1.54) is 0 Å². The van der Waals surface area contributed by atoms with Gasteiger partial charge in [0.1, 0.15) is 11.8 Å². The van der Waals surface area contributed by atoms with Crippen LogP contribution in [0.3, 0.4) is 0 Å². The van der Waals surface area contributed by atoms with Gasteiger partial charge in [0, 0.05) is 0 Å². The molecular weight excluding hydrogens is 268 g/mol. The van der Waals surface area contributed by atoms with Crippen molar-refractivity contribution in [2.24, 2.45) is 5.73 Å². The molecular formula is C12H15BrN2O. The van der Waals surface area contributed by atoms with E-state index in [0.717, 1.165) is 16.5 Å². The molecule has 0 saturated heterocycles. The summed E-state index contributed by atoms with van der Waals surface area (Å²) >= 11 is 3.43. The lowest BCUT2D eigenvalue weighted by Gasteiger charge is -2.12. The van der Waals surface area contributed by atoms with Crippen LogP contribution >= 0.6 is 15.9 Å². The molecule has 0 saturated carbocycles. The monoisotopic (exact) mass is 282 g/mol. The summed E-state index contributed by atoms with van der Waals surface area (Å²) in [6.07, 6.45) is 1.12. The van der Waals surface area contributed by atoms with E-state index in [4.69, 9.17) is 15.7 Å². The van der Waals surface area contributed by atoms with E-state index in [2.05, 4.69) is 22.0 Å². The fraction of sp³-hybridized carbons (Fsp3) is 0.417. The van der Waals surface area contributed by atoms with Crippen LogP contribution in [0.4, 0.5) is 0 Å². The van der Waals surface area contributed by atoms with Crippen molar-refractivity contribution < 1.29 is 4.74 Å². The third-order valence-electron chi connectivity index (χ3n) is 2.21. The fourth-order valence-electron chi connectivity index (χ4n) is 1.32. The molecule has 0 fully saturated rings. The van der Waals surface area contributed by atoms with Gasteiger partial charge in [0.05, 0.1) is 4.47 Å².